The zero-order valence-corrected chi connectivity index (χ0v) is 18.5. The van der Waals surface area contributed by atoms with Crippen molar-refractivity contribution in [1.29, 1.82) is 0 Å². The van der Waals surface area contributed by atoms with Crippen LogP contribution in [-0.2, 0) is 16.1 Å². The van der Waals surface area contributed by atoms with E-state index < -0.39 is 18.1 Å². The Labute approximate surface area is 181 Å². The van der Waals surface area contributed by atoms with Gasteiger partial charge in [-0.05, 0) is 38.2 Å². The highest BCUT2D eigenvalue weighted by Gasteiger charge is 2.22. The number of rotatable bonds is 6. The molecule has 2 fully saturated rings. The van der Waals surface area contributed by atoms with E-state index in [2.05, 4.69) is 5.32 Å². The molecule has 1 aromatic rings. The third-order valence-electron chi connectivity index (χ3n) is 6.11. The van der Waals surface area contributed by atoms with Crippen molar-refractivity contribution in [3.05, 3.63) is 35.9 Å². The molecule has 3 rings (SSSR count). The highest BCUT2D eigenvalue weighted by Crippen LogP contribution is 2.22. The first-order valence-corrected chi connectivity index (χ1v) is 11.4. The van der Waals surface area contributed by atoms with Crippen LogP contribution in [0.1, 0.15) is 76.7 Å². The lowest BCUT2D eigenvalue weighted by Gasteiger charge is -2.30. The van der Waals surface area contributed by atoms with Crippen LogP contribution in [0.4, 0.5) is 4.79 Å². The van der Waals surface area contributed by atoms with E-state index in [0.29, 0.717) is 0 Å². The number of carbonyl (C=O) groups is 2. The molecule has 2 aliphatic rings. The number of benzene rings is 1. The molecule has 2 N–H and O–H groups in total. The SMILES string of the molecule is C1CCC(NC2CCCCC2)CC1.CC(C(=O)O)N(C)C(=O)OCc1ccccc1. The van der Waals surface area contributed by atoms with Crippen LogP contribution in [0.2, 0.25) is 0 Å². The second kappa shape index (κ2) is 13.3. The van der Waals surface area contributed by atoms with E-state index in [1.165, 1.54) is 78.2 Å². The summed E-state index contributed by atoms with van der Waals surface area (Å²) in [5, 5.41) is 12.6. The number of carboxylic acids is 1. The summed E-state index contributed by atoms with van der Waals surface area (Å²) in [6, 6.07) is 10.0. The summed E-state index contributed by atoms with van der Waals surface area (Å²) in [4.78, 5) is 23.2. The van der Waals surface area contributed by atoms with Crippen molar-refractivity contribution in [2.24, 2.45) is 0 Å². The molecule has 30 heavy (non-hydrogen) atoms. The molecule has 1 aromatic carbocycles. The summed E-state index contributed by atoms with van der Waals surface area (Å²) in [7, 11) is 1.39. The van der Waals surface area contributed by atoms with Crippen LogP contribution in [0.5, 0.6) is 0 Å². The maximum atomic E-state index is 11.5. The third-order valence-corrected chi connectivity index (χ3v) is 6.11. The van der Waals surface area contributed by atoms with Crippen LogP contribution < -0.4 is 5.32 Å². The zero-order valence-electron chi connectivity index (χ0n) is 18.5. The summed E-state index contributed by atoms with van der Waals surface area (Å²) >= 11 is 0. The molecule has 168 valence electrons. The van der Waals surface area contributed by atoms with Gasteiger partial charge in [0.2, 0.25) is 0 Å². The molecule has 0 spiro atoms. The second-order valence-corrected chi connectivity index (χ2v) is 8.50. The fourth-order valence-electron chi connectivity index (χ4n) is 4.02. The van der Waals surface area contributed by atoms with Gasteiger partial charge in [0.1, 0.15) is 12.6 Å². The molecule has 0 heterocycles. The van der Waals surface area contributed by atoms with Gasteiger partial charge in [-0.25, -0.2) is 9.59 Å². The average Bonchev–Trinajstić information content (AvgIpc) is 2.79. The van der Waals surface area contributed by atoms with Crippen LogP contribution in [0.25, 0.3) is 0 Å². The predicted molar refractivity (Wildman–Crippen MR) is 118 cm³/mol. The molecule has 0 aliphatic heterocycles. The number of ether oxygens (including phenoxy) is 1. The molecule has 0 radical (unpaired) electrons. The molecule has 2 aliphatic carbocycles. The van der Waals surface area contributed by atoms with Crippen molar-refractivity contribution >= 4 is 12.1 Å². The van der Waals surface area contributed by atoms with Crippen molar-refractivity contribution in [2.45, 2.75) is 95.9 Å². The highest BCUT2D eigenvalue weighted by atomic mass is 16.6. The van der Waals surface area contributed by atoms with E-state index in [1.54, 1.807) is 0 Å². The molecular weight excluding hydrogens is 380 g/mol. The Balaban J connectivity index is 0.000000220. The minimum absolute atomic E-state index is 0.135. The molecule has 2 saturated carbocycles. The van der Waals surface area contributed by atoms with Gasteiger partial charge in [-0.15, -0.1) is 0 Å². The predicted octanol–water partition coefficient (Wildman–Crippen LogP) is 4.97. The molecule has 0 saturated heterocycles. The molecule has 6 nitrogen and oxygen atoms in total. The summed E-state index contributed by atoms with van der Waals surface area (Å²) < 4.78 is 4.98. The van der Waals surface area contributed by atoms with Gasteiger partial charge < -0.3 is 15.2 Å². The minimum Gasteiger partial charge on any atom is -0.480 e. The third kappa shape index (κ3) is 8.74. The van der Waals surface area contributed by atoms with Gasteiger partial charge in [-0.1, -0.05) is 68.9 Å². The number of amides is 1. The first-order valence-electron chi connectivity index (χ1n) is 11.4. The number of nitrogens with one attached hydrogen (secondary N) is 1. The van der Waals surface area contributed by atoms with E-state index in [-0.39, 0.29) is 6.61 Å². The Morgan fingerprint density at radius 2 is 1.50 bits per heavy atom. The Morgan fingerprint density at radius 3 is 1.97 bits per heavy atom. The topological polar surface area (TPSA) is 78.9 Å². The van der Waals surface area contributed by atoms with E-state index in [9.17, 15) is 9.59 Å². The quantitative estimate of drug-likeness (QED) is 0.682. The number of likely N-dealkylation sites (N-methyl/N-ethyl adjacent to an activating group) is 1. The van der Waals surface area contributed by atoms with E-state index in [1.807, 2.05) is 30.3 Å². The average molecular weight is 419 g/mol. The van der Waals surface area contributed by atoms with Crippen molar-refractivity contribution in [1.82, 2.24) is 10.2 Å². The van der Waals surface area contributed by atoms with Crippen LogP contribution >= 0.6 is 0 Å². The number of nitrogens with zero attached hydrogens (tertiary/aromatic N) is 1. The van der Waals surface area contributed by atoms with Crippen LogP contribution in [0.15, 0.2) is 30.3 Å². The normalized spacial score (nSPS) is 18.6. The molecule has 1 unspecified atom stereocenters. The molecule has 1 atom stereocenters. The van der Waals surface area contributed by atoms with Crippen molar-refractivity contribution in [3.63, 3.8) is 0 Å². The Hall–Kier alpha value is -2.08. The lowest BCUT2D eigenvalue weighted by molar-refractivity contribution is -0.141. The summed E-state index contributed by atoms with van der Waals surface area (Å²) in [6.07, 6.45) is 13.9. The lowest BCUT2D eigenvalue weighted by Crippen LogP contribution is -2.40. The fourth-order valence-corrected chi connectivity index (χ4v) is 4.02. The first kappa shape index (κ1) is 24.2. The van der Waals surface area contributed by atoms with Crippen molar-refractivity contribution in [2.75, 3.05) is 7.05 Å². The maximum absolute atomic E-state index is 11.5. The Bertz CT molecular complexity index is 609. The summed E-state index contributed by atoms with van der Waals surface area (Å²) in [6.45, 7) is 1.56. The number of carbonyl (C=O) groups excluding carboxylic acids is 1. The highest BCUT2D eigenvalue weighted by molar-refractivity contribution is 5.79. The van der Waals surface area contributed by atoms with E-state index in [4.69, 9.17) is 9.84 Å². The number of carboxylic acid groups (broad SMARTS) is 1. The number of aliphatic carboxylic acids is 1. The zero-order chi connectivity index (χ0) is 21.8. The first-order chi connectivity index (χ1) is 14.5. The van der Waals surface area contributed by atoms with Crippen LogP contribution in [0.3, 0.4) is 0 Å². The standard InChI is InChI=1S/C12H15NO4.C12H23N/c1-9(11(14)15)13(2)12(16)17-8-10-6-4-3-5-7-10;1-3-7-11(8-4-1)13-12-9-5-2-6-10-12/h3-7,9H,8H2,1-2H3,(H,14,15);11-13H,1-10H2. The van der Waals surface area contributed by atoms with Crippen LogP contribution in [-0.4, -0.2) is 47.2 Å². The van der Waals surface area contributed by atoms with Gasteiger partial charge >= 0.3 is 12.1 Å². The van der Waals surface area contributed by atoms with Gasteiger partial charge in [0.15, 0.2) is 0 Å². The van der Waals surface area contributed by atoms with Gasteiger partial charge in [0.25, 0.3) is 0 Å². The van der Waals surface area contributed by atoms with Gasteiger partial charge in [-0.2, -0.15) is 0 Å². The van der Waals surface area contributed by atoms with Crippen LogP contribution in [0, 0.1) is 0 Å². The second-order valence-electron chi connectivity index (χ2n) is 8.50. The maximum Gasteiger partial charge on any atom is 0.410 e. The van der Waals surface area contributed by atoms with E-state index >= 15 is 0 Å². The summed E-state index contributed by atoms with van der Waals surface area (Å²) in [5.74, 6) is -1.07. The lowest BCUT2D eigenvalue weighted by atomic mass is 9.91. The molecular formula is C24H38N2O4. The molecule has 6 heteroatoms. The molecule has 0 bridgehead atoms. The number of hydrogen-bond donors (Lipinski definition) is 2. The summed E-state index contributed by atoms with van der Waals surface area (Å²) in [5.41, 5.74) is 0.859. The number of hydrogen-bond acceptors (Lipinski definition) is 4. The smallest absolute Gasteiger partial charge is 0.410 e. The minimum atomic E-state index is -1.07. The van der Waals surface area contributed by atoms with Gasteiger partial charge in [0.05, 0.1) is 0 Å². The van der Waals surface area contributed by atoms with Gasteiger partial charge in [0, 0.05) is 19.1 Å². The van der Waals surface area contributed by atoms with Crippen molar-refractivity contribution in [3.8, 4) is 0 Å². The van der Waals surface area contributed by atoms with Gasteiger partial charge in [-0.3, -0.25) is 4.90 Å². The largest absolute Gasteiger partial charge is 0.480 e. The molecule has 0 aromatic heterocycles. The Morgan fingerprint density at radius 1 is 1.00 bits per heavy atom. The molecule has 1 amide bonds. The van der Waals surface area contributed by atoms with Crippen molar-refractivity contribution < 1.29 is 19.4 Å². The monoisotopic (exact) mass is 418 g/mol. The fraction of sp³-hybridized carbons (Fsp3) is 0.667. The Kier molecular flexibility index (Phi) is 10.7. The van der Waals surface area contributed by atoms with E-state index in [0.717, 1.165) is 22.5 Å².